The first-order chi connectivity index (χ1) is 8.27. The van der Waals surface area contributed by atoms with E-state index in [0.717, 1.165) is 11.0 Å². The predicted molar refractivity (Wildman–Crippen MR) is 76.5 cm³/mol. The summed E-state index contributed by atoms with van der Waals surface area (Å²) in [7, 11) is -0.293. The highest BCUT2D eigenvalue weighted by Crippen LogP contribution is 2.36. The summed E-state index contributed by atoms with van der Waals surface area (Å²) in [5, 5.41) is 0. The van der Waals surface area contributed by atoms with Crippen molar-refractivity contribution in [3.8, 4) is 0 Å². The summed E-state index contributed by atoms with van der Waals surface area (Å²) in [5.74, 6) is 0.537. The Balaban J connectivity index is 2.27. The molecule has 0 N–H and O–H groups in total. The van der Waals surface area contributed by atoms with Gasteiger partial charge in [0.25, 0.3) is 0 Å². The lowest BCUT2D eigenvalue weighted by molar-refractivity contribution is 0.00578. The van der Waals surface area contributed by atoms with Gasteiger partial charge < -0.3 is 9.31 Å². The van der Waals surface area contributed by atoms with Gasteiger partial charge in [-0.25, -0.2) is 0 Å². The summed E-state index contributed by atoms with van der Waals surface area (Å²) < 4.78 is 12.0. The van der Waals surface area contributed by atoms with Gasteiger partial charge >= 0.3 is 7.12 Å². The predicted octanol–water partition coefficient (Wildman–Crippen LogP) is 3.03. The van der Waals surface area contributed by atoms with E-state index in [2.05, 4.69) is 40.7 Å². The van der Waals surface area contributed by atoms with Crippen LogP contribution in [0, 0.1) is 6.92 Å². The Morgan fingerprint density at radius 3 is 2.11 bits per heavy atom. The van der Waals surface area contributed by atoms with Crippen molar-refractivity contribution < 1.29 is 9.31 Å². The third kappa shape index (κ3) is 2.32. The van der Waals surface area contributed by atoms with E-state index in [1.54, 1.807) is 0 Å². The van der Waals surface area contributed by atoms with Crippen molar-refractivity contribution in [3.05, 3.63) is 29.3 Å². The molecule has 0 bridgehead atoms. The zero-order chi connectivity index (χ0) is 13.6. The minimum Gasteiger partial charge on any atom is -0.399 e. The Kier molecular flexibility index (Phi) is 3.52. The quantitative estimate of drug-likeness (QED) is 0.605. The van der Waals surface area contributed by atoms with Gasteiger partial charge in [-0.15, -0.1) is 11.6 Å². The highest BCUT2D eigenvalue weighted by Gasteiger charge is 2.51. The molecule has 18 heavy (non-hydrogen) atoms. The summed E-state index contributed by atoms with van der Waals surface area (Å²) in [6, 6.07) is 6.18. The van der Waals surface area contributed by atoms with E-state index in [9.17, 15) is 0 Å². The van der Waals surface area contributed by atoms with Crippen molar-refractivity contribution >= 4 is 24.2 Å². The van der Waals surface area contributed by atoms with Crippen LogP contribution in [0.25, 0.3) is 0 Å². The maximum atomic E-state index is 6.02. The Bertz CT molecular complexity index is 441. The second kappa shape index (κ2) is 4.55. The molecule has 1 fully saturated rings. The van der Waals surface area contributed by atoms with E-state index in [4.69, 9.17) is 20.9 Å². The lowest BCUT2D eigenvalue weighted by Gasteiger charge is -2.32. The van der Waals surface area contributed by atoms with Crippen LogP contribution in [-0.4, -0.2) is 18.3 Å². The molecule has 4 heteroatoms. The van der Waals surface area contributed by atoms with Crippen LogP contribution < -0.4 is 5.46 Å². The topological polar surface area (TPSA) is 18.5 Å². The monoisotopic (exact) mass is 266 g/mol. The average Bonchev–Trinajstić information content (AvgIpc) is 2.48. The first-order valence-corrected chi connectivity index (χ1v) is 6.81. The minimum atomic E-state index is -0.295. The van der Waals surface area contributed by atoms with E-state index >= 15 is 0 Å². The van der Waals surface area contributed by atoms with E-state index in [-0.39, 0.29) is 18.3 Å². The Labute approximate surface area is 115 Å². The smallest absolute Gasteiger partial charge is 0.399 e. The summed E-state index contributed by atoms with van der Waals surface area (Å²) in [5.41, 5.74) is 2.79. The number of hydrogen-bond donors (Lipinski definition) is 0. The van der Waals surface area contributed by atoms with E-state index in [1.165, 1.54) is 5.56 Å². The summed E-state index contributed by atoms with van der Waals surface area (Å²) in [6.45, 7) is 10.3. The lowest BCUT2D eigenvalue weighted by atomic mass is 9.78. The van der Waals surface area contributed by atoms with Gasteiger partial charge in [0.1, 0.15) is 0 Å². The highest BCUT2D eigenvalue weighted by atomic mass is 35.5. The van der Waals surface area contributed by atoms with Crippen LogP contribution in [0.1, 0.15) is 38.8 Å². The molecule has 0 amide bonds. The molecule has 1 aromatic rings. The zero-order valence-corrected chi connectivity index (χ0v) is 12.5. The van der Waals surface area contributed by atoms with E-state index in [0.29, 0.717) is 5.88 Å². The van der Waals surface area contributed by atoms with Gasteiger partial charge in [-0.1, -0.05) is 18.2 Å². The van der Waals surface area contributed by atoms with Crippen molar-refractivity contribution in [2.75, 3.05) is 0 Å². The molecule has 0 aliphatic carbocycles. The molecular formula is C14H20BClO2. The van der Waals surface area contributed by atoms with Gasteiger partial charge in [0, 0.05) is 5.88 Å². The molecule has 2 nitrogen and oxygen atoms in total. The van der Waals surface area contributed by atoms with Crippen molar-refractivity contribution in [1.82, 2.24) is 0 Å². The van der Waals surface area contributed by atoms with E-state index in [1.807, 2.05) is 12.1 Å². The highest BCUT2D eigenvalue weighted by molar-refractivity contribution is 6.62. The maximum Gasteiger partial charge on any atom is 0.494 e. The number of aryl methyl sites for hydroxylation is 1. The maximum absolute atomic E-state index is 6.02. The number of hydrogen-bond acceptors (Lipinski definition) is 2. The summed E-state index contributed by atoms with van der Waals surface area (Å²) >= 11 is 5.87. The largest absolute Gasteiger partial charge is 0.494 e. The fourth-order valence-electron chi connectivity index (χ4n) is 1.99. The molecular weight excluding hydrogens is 246 g/mol. The van der Waals surface area contributed by atoms with Crippen LogP contribution in [-0.2, 0) is 15.2 Å². The van der Waals surface area contributed by atoms with Crippen LogP contribution in [0.3, 0.4) is 0 Å². The van der Waals surface area contributed by atoms with Crippen LogP contribution >= 0.6 is 11.6 Å². The first kappa shape index (κ1) is 13.9. The lowest BCUT2D eigenvalue weighted by Crippen LogP contribution is -2.41. The molecule has 1 aliphatic heterocycles. The number of alkyl halides is 1. The van der Waals surface area contributed by atoms with Gasteiger partial charge in [0.05, 0.1) is 11.2 Å². The van der Waals surface area contributed by atoms with Crippen LogP contribution in [0.2, 0.25) is 0 Å². The molecule has 98 valence electrons. The van der Waals surface area contributed by atoms with Crippen LogP contribution in [0.15, 0.2) is 18.2 Å². The SMILES string of the molecule is Cc1cc(B2OC(C)(C)C(C)(C)O2)ccc1CCl. The molecule has 0 atom stereocenters. The Morgan fingerprint density at radius 2 is 1.67 bits per heavy atom. The van der Waals surface area contributed by atoms with Gasteiger partial charge in [0.15, 0.2) is 0 Å². The zero-order valence-electron chi connectivity index (χ0n) is 11.7. The molecule has 2 rings (SSSR count). The van der Waals surface area contributed by atoms with Gasteiger partial charge in [0.2, 0.25) is 0 Å². The molecule has 0 spiro atoms. The van der Waals surface area contributed by atoms with Gasteiger partial charge in [-0.2, -0.15) is 0 Å². The molecule has 1 aromatic carbocycles. The third-order valence-electron chi connectivity index (χ3n) is 4.04. The van der Waals surface area contributed by atoms with Crippen molar-refractivity contribution in [3.63, 3.8) is 0 Å². The normalized spacial score (nSPS) is 21.3. The van der Waals surface area contributed by atoms with E-state index < -0.39 is 0 Å². The van der Waals surface area contributed by atoms with Crippen molar-refractivity contribution in [2.24, 2.45) is 0 Å². The van der Waals surface area contributed by atoms with Gasteiger partial charge in [-0.3, -0.25) is 0 Å². The molecule has 1 heterocycles. The van der Waals surface area contributed by atoms with Gasteiger partial charge in [-0.05, 0) is 51.2 Å². The third-order valence-corrected chi connectivity index (χ3v) is 4.32. The molecule has 0 unspecified atom stereocenters. The van der Waals surface area contributed by atoms with Crippen molar-refractivity contribution in [1.29, 1.82) is 0 Å². The Hall–Kier alpha value is -0.505. The first-order valence-electron chi connectivity index (χ1n) is 6.28. The fourth-order valence-corrected chi connectivity index (χ4v) is 2.29. The summed E-state index contributed by atoms with van der Waals surface area (Å²) in [4.78, 5) is 0. The summed E-state index contributed by atoms with van der Waals surface area (Å²) in [6.07, 6.45) is 0. The molecule has 0 radical (unpaired) electrons. The minimum absolute atomic E-state index is 0.293. The standard InChI is InChI=1S/C14H20BClO2/c1-10-8-12(7-6-11(10)9-16)15-17-13(2,3)14(4,5)18-15/h6-8H,9H2,1-5H3. The fraction of sp³-hybridized carbons (Fsp3) is 0.571. The van der Waals surface area contributed by atoms with Crippen LogP contribution in [0.5, 0.6) is 0 Å². The number of rotatable bonds is 2. The number of halogens is 1. The van der Waals surface area contributed by atoms with Crippen LogP contribution in [0.4, 0.5) is 0 Å². The molecule has 0 aromatic heterocycles. The Morgan fingerprint density at radius 1 is 1.11 bits per heavy atom. The second-order valence-corrected chi connectivity index (χ2v) is 6.18. The molecule has 1 saturated heterocycles. The second-order valence-electron chi connectivity index (χ2n) is 5.91. The average molecular weight is 267 g/mol. The number of benzene rings is 1. The van der Waals surface area contributed by atoms with Crippen molar-refractivity contribution in [2.45, 2.75) is 51.7 Å². The molecule has 0 saturated carbocycles. The molecule has 1 aliphatic rings.